The molecule has 0 fully saturated rings. The van der Waals surface area contributed by atoms with Gasteiger partial charge < -0.3 is 4.90 Å². The van der Waals surface area contributed by atoms with Crippen LogP contribution in [-0.2, 0) is 0 Å². The molecule has 0 aromatic heterocycles. The molecule has 4 heteroatoms. The van der Waals surface area contributed by atoms with Crippen LogP contribution in [0.5, 0.6) is 0 Å². The van der Waals surface area contributed by atoms with Gasteiger partial charge in [-0.05, 0) is 6.92 Å². The molecule has 0 unspecified atom stereocenters. The van der Waals surface area contributed by atoms with Crippen LogP contribution >= 0.6 is 24.8 Å². The fraction of sp³-hybridized carbons (Fsp3) is 0.750. The first-order chi connectivity index (χ1) is 3.18. The first kappa shape index (κ1) is 12.2. The molecule has 0 aliphatic heterocycles. The summed E-state index contributed by atoms with van der Waals surface area (Å²) >= 11 is 8.64. The second-order valence-corrected chi connectivity index (χ2v) is 2.41. The van der Waals surface area contributed by atoms with Crippen LogP contribution in [0.1, 0.15) is 6.92 Å². The Kier molecular flexibility index (Phi) is 10.1. The van der Waals surface area contributed by atoms with E-state index >= 15 is 0 Å². The summed E-state index contributed by atoms with van der Waals surface area (Å²) in [7, 11) is 1.91. The van der Waals surface area contributed by atoms with E-state index in [0.29, 0.717) is 4.32 Å². The Balaban J connectivity index is 0. The SMILES string of the molecule is CCN(C)C(=S)S.[CaH2]. The molecule has 0 aliphatic carbocycles. The molecule has 0 heterocycles. The summed E-state index contributed by atoms with van der Waals surface area (Å²) in [4.78, 5) is 1.89. The van der Waals surface area contributed by atoms with Crippen molar-refractivity contribution < 1.29 is 0 Å². The predicted molar refractivity (Wildman–Crippen MR) is 48.4 cm³/mol. The zero-order valence-corrected chi connectivity index (χ0v) is 6.22. The molecule has 0 saturated heterocycles. The van der Waals surface area contributed by atoms with Crippen LogP contribution < -0.4 is 0 Å². The van der Waals surface area contributed by atoms with Gasteiger partial charge in [-0.15, -0.1) is 12.6 Å². The fourth-order valence-corrected chi connectivity index (χ4v) is 0.406. The van der Waals surface area contributed by atoms with Crippen molar-refractivity contribution in [3.05, 3.63) is 0 Å². The minimum atomic E-state index is 0. The van der Waals surface area contributed by atoms with Gasteiger partial charge in [-0.25, -0.2) is 0 Å². The van der Waals surface area contributed by atoms with Gasteiger partial charge in [0.25, 0.3) is 0 Å². The molecule has 0 spiro atoms. The van der Waals surface area contributed by atoms with Crippen LogP contribution in [0.25, 0.3) is 0 Å². The third-order valence-corrected chi connectivity index (χ3v) is 1.45. The van der Waals surface area contributed by atoms with Crippen molar-refractivity contribution in [2.24, 2.45) is 0 Å². The Morgan fingerprint density at radius 2 is 2.12 bits per heavy atom. The molecule has 0 amide bonds. The van der Waals surface area contributed by atoms with Crippen molar-refractivity contribution in [3.63, 3.8) is 0 Å². The van der Waals surface area contributed by atoms with Crippen molar-refractivity contribution in [1.29, 1.82) is 0 Å². The maximum atomic E-state index is 4.71. The molecule has 0 radical (unpaired) electrons. The number of hydrogen-bond acceptors (Lipinski definition) is 1. The van der Waals surface area contributed by atoms with E-state index in [9.17, 15) is 0 Å². The topological polar surface area (TPSA) is 3.24 Å². The number of thiol groups is 1. The van der Waals surface area contributed by atoms with Crippen molar-refractivity contribution in [3.8, 4) is 0 Å². The third kappa shape index (κ3) is 5.63. The average molecular weight is 177 g/mol. The molecule has 0 aromatic rings. The average Bonchev–Trinajstić information content (AvgIpc) is 1.65. The Morgan fingerprint density at radius 3 is 2.12 bits per heavy atom. The van der Waals surface area contributed by atoms with Crippen LogP contribution in [0, 0.1) is 0 Å². The van der Waals surface area contributed by atoms with Gasteiger partial charge in [0.05, 0.1) is 0 Å². The first-order valence-corrected chi connectivity index (χ1v) is 2.98. The van der Waals surface area contributed by atoms with Crippen molar-refractivity contribution in [2.45, 2.75) is 6.92 Å². The molecular weight excluding hydrogens is 166 g/mol. The number of thiocarbonyl (C=S) groups is 1. The van der Waals surface area contributed by atoms with Crippen molar-refractivity contribution >= 4 is 66.9 Å². The second kappa shape index (κ2) is 6.62. The van der Waals surface area contributed by atoms with E-state index in [2.05, 4.69) is 12.6 Å². The summed E-state index contributed by atoms with van der Waals surface area (Å²) in [5.41, 5.74) is 0. The summed E-state index contributed by atoms with van der Waals surface area (Å²) < 4.78 is 0.655. The van der Waals surface area contributed by atoms with Gasteiger partial charge in [0.1, 0.15) is 4.32 Å². The summed E-state index contributed by atoms with van der Waals surface area (Å²) in [5, 5.41) is 0. The first-order valence-electron chi connectivity index (χ1n) is 2.12. The molecule has 0 N–H and O–H groups in total. The Morgan fingerprint density at radius 1 is 1.75 bits per heavy atom. The number of hydrogen-bond donors (Lipinski definition) is 1. The van der Waals surface area contributed by atoms with Crippen LogP contribution in [0.4, 0.5) is 0 Å². The molecule has 0 saturated carbocycles. The van der Waals surface area contributed by atoms with E-state index in [4.69, 9.17) is 12.2 Å². The number of rotatable bonds is 1. The molecule has 1 nitrogen and oxygen atoms in total. The quantitative estimate of drug-likeness (QED) is 0.347. The van der Waals surface area contributed by atoms with Crippen LogP contribution in [0.2, 0.25) is 0 Å². The summed E-state index contributed by atoms with van der Waals surface area (Å²) in [6.07, 6.45) is 0. The summed E-state index contributed by atoms with van der Waals surface area (Å²) in [6, 6.07) is 0. The van der Waals surface area contributed by atoms with Gasteiger partial charge in [-0.3, -0.25) is 0 Å². The zero-order chi connectivity index (χ0) is 5.86. The summed E-state index contributed by atoms with van der Waals surface area (Å²) in [6.45, 7) is 2.96. The molecule has 0 rings (SSSR count). The Hall–Kier alpha value is 1.50. The van der Waals surface area contributed by atoms with Gasteiger partial charge in [-0.2, -0.15) is 0 Å². The molecule has 0 bridgehead atoms. The normalized spacial score (nSPS) is 7.38. The molecule has 0 atom stereocenters. The summed E-state index contributed by atoms with van der Waals surface area (Å²) in [5.74, 6) is 0. The van der Waals surface area contributed by atoms with Gasteiger partial charge in [0.15, 0.2) is 0 Å². The molecule has 8 heavy (non-hydrogen) atoms. The third-order valence-electron chi connectivity index (χ3n) is 0.801. The predicted octanol–water partition coefficient (Wildman–Crippen LogP) is 0.237. The van der Waals surface area contributed by atoms with E-state index < -0.39 is 0 Å². The monoisotopic (exact) mass is 177 g/mol. The van der Waals surface area contributed by atoms with E-state index in [1.807, 2.05) is 18.9 Å². The van der Waals surface area contributed by atoms with Crippen LogP contribution in [-0.4, -0.2) is 60.6 Å². The van der Waals surface area contributed by atoms with Gasteiger partial charge >= 0.3 is 37.7 Å². The van der Waals surface area contributed by atoms with Crippen molar-refractivity contribution in [1.82, 2.24) is 4.90 Å². The minimum absolute atomic E-state index is 0. The molecule has 0 aliphatic rings. The van der Waals surface area contributed by atoms with Crippen LogP contribution in [0.3, 0.4) is 0 Å². The standard InChI is InChI=1S/C4H9NS2.Ca.2H/c1-3-5(2)4(6)7;;;/h3H2,1-2H3,(H,6,7);;;. The van der Waals surface area contributed by atoms with Gasteiger partial charge in [0, 0.05) is 13.6 Å². The Labute approximate surface area is 91.2 Å². The van der Waals surface area contributed by atoms with Crippen LogP contribution in [0.15, 0.2) is 0 Å². The molecule has 46 valence electrons. The van der Waals surface area contributed by atoms with Gasteiger partial charge in [-0.1, -0.05) is 12.2 Å². The second-order valence-electron chi connectivity index (χ2n) is 1.30. The fourth-order valence-electron chi connectivity index (χ4n) is 0.135. The Bertz CT molecular complexity index is 76.4. The van der Waals surface area contributed by atoms with Gasteiger partial charge in [0.2, 0.25) is 0 Å². The van der Waals surface area contributed by atoms with E-state index in [-0.39, 0.29) is 37.7 Å². The maximum absolute atomic E-state index is 4.71. The van der Waals surface area contributed by atoms with E-state index in [1.165, 1.54) is 0 Å². The molecular formula is C4H11CaNS2. The van der Waals surface area contributed by atoms with Crippen molar-refractivity contribution in [2.75, 3.05) is 13.6 Å². The van der Waals surface area contributed by atoms with E-state index in [0.717, 1.165) is 6.54 Å². The molecule has 0 aromatic carbocycles. The number of nitrogens with zero attached hydrogens (tertiary/aromatic N) is 1. The van der Waals surface area contributed by atoms with E-state index in [1.54, 1.807) is 0 Å². The zero-order valence-electron chi connectivity index (χ0n) is 4.51.